The van der Waals surface area contributed by atoms with Crippen LogP contribution < -0.4 is 63.5 Å². The second kappa shape index (κ2) is 14.0. The normalized spacial score (nSPS) is 9.38. The Morgan fingerprint density at radius 2 is 1.75 bits per heavy atom. The van der Waals surface area contributed by atoms with E-state index in [-0.39, 0.29) is 69.9 Å². The van der Waals surface area contributed by atoms with Gasteiger partial charge in [-0.05, 0) is 19.8 Å². The summed E-state index contributed by atoms with van der Waals surface area (Å²) >= 11 is 0. The molecule has 0 aliphatic carbocycles. The van der Waals surface area contributed by atoms with Crippen LogP contribution >= 0.6 is 0 Å². The quantitative estimate of drug-likeness (QED) is 0.560. The summed E-state index contributed by atoms with van der Waals surface area (Å²) in [6.45, 7) is 2.60. The number of Topliss-reactive ketones (excluding diaryl/α,β-unsaturated/α-hetero) is 1. The van der Waals surface area contributed by atoms with Gasteiger partial charge in [0.1, 0.15) is 5.78 Å². The van der Waals surface area contributed by atoms with Crippen molar-refractivity contribution in [3.63, 3.8) is 0 Å². The Labute approximate surface area is 147 Å². The number of amides is 1. The van der Waals surface area contributed by atoms with E-state index in [1.54, 1.807) is 6.92 Å². The molecule has 0 saturated carbocycles. The first kappa shape index (κ1) is 19.2. The van der Waals surface area contributed by atoms with E-state index < -0.39 is 0 Å². The number of hydrogen-bond acceptors (Lipinski definition) is 2. The molecular formula is C11H21N2O2Rb. The van der Waals surface area contributed by atoms with Crippen molar-refractivity contribution in [1.82, 2.24) is 5.32 Å². The smallest absolute Gasteiger partial charge is 0.677 e. The Morgan fingerprint density at radius 1 is 1.06 bits per heavy atom. The van der Waals surface area contributed by atoms with E-state index in [0.29, 0.717) is 25.9 Å². The van der Waals surface area contributed by atoms with Crippen LogP contribution in [0.15, 0.2) is 0 Å². The first-order valence-corrected chi connectivity index (χ1v) is 5.57. The summed E-state index contributed by atoms with van der Waals surface area (Å²) in [5, 5.41) is 2.78. The van der Waals surface area contributed by atoms with Crippen LogP contribution in [0.5, 0.6) is 0 Å². The molecule has 0 radical (unpaired) electrons. The maximum absolute atomic E-state index is 11.2. The van der Waals surface area contributed by atoms with E-state index in [2.05, 4.69) is 5.32 Å². The fraction of sp³-hybridized carbons (Fsp3) is 0.818. The molecule has 88 valence electrons. The topological polar surface area (TPSA) is 70.0 Å². The van der Waals surface area contributed by atoms with Crippen LogP contribution in [0.4, 0.5) is 0 Å². The Bertz CT molecular complexity index is 198. The number of hydrogen-bond donors (Lipinski definition) is 1. The maximum atomic E-state index is 11.2. The molecule has 2 N–H and O–H groups in total. The number of nitrogens with one attached hydrogen (secondary N) is 2. The Morgan fingerprint density at radius 3 is 2.31 bits per heavy atom. The molecule has 0 aromatic rings. The van der Waals surface area contributed by atoms with Crippen LogP contribution in [0.2, 0.25) is 0 Å². The van der Waals surface area contributed by atoms with E-state index in [9.17, 15) is 9.59 Å². The average molecular weight is 299 g/mol. The Balaban J connectivity index is 0. The summed E-state index contributed by atoms with van der Waals surface area (Å²) < 4.78 is 0. The summed E-state index contributed by atoms with van der Waals surface area (Å²) in [5.41, 5.74) is 6.93. The predicted molar refractivity (Wildman–Crippen MR) is 60.6 cm³/mol. The zero-order valence-electron chi connectivity index (χ0n) is 10.5. The average Bonchev–Trinajstić information content (AvgIpc) is 2.19. The van der Waals surface area contributed by atoms with Crippen molar-refractivity contribution in [3.8, 4) is 0 Å². The minimum absolute atomic E-state index is 0. The van der Waals surface area contributed by atoms with Crippen molar-refractivity contribution in [2.24, 2.45) is 0 Å². The molecule has 0 bridgehead atoms. The van der Waals surface area contributed by atoms with Crippen molar-refractivity contribution in [2.75, 3.05) is 13.1 Å². The summed E-state index contributed by atoms with van der Waals surface area (Å²) in [5.74, 6) is 0.225. The molecule has 0 atom stereocenters. The van der Waals surface area contributed by atoms with E-state index >= 15 is 0 Å². The van der Waals surface area contributed by atoms with Crippen molar-refractivity contribution in [3.05, 3.63) is 5.73 Å². The van der Waals surface area contributed by atoms with Crippen LogP contribution in [0, 0.1) is 0 Å². The molecule has 0 rings (SSSR count). The van der Waals surface area contributed by atoms with Crippen LogP contribution in [0.25, 0.3) is 5.73 Å². The van der Waals surface area contributed by atoms with Gasteiger partial charge in [0.05, 0.1) is 0 Å². The van der Waals surface area contributed by atoms with Crippen LogP contribution in [-0.4, -0.2) is 24.8 Å². The number of carbonyl (C=O) groups excluding carboxylic acids is 2. The van der Waals surface area contributed by atoms with Gasteiger partial charge in [0.25, 0.3) is 0 Å². The Hall–Kier alpha value is 0.905. The molecule has 0 unspecified atom stereocenters. The zero-order valence-corrected chi connectivity index (χ0v) is 15.4. The molecule has 4 nitrogen and oxygen atoms in total. The van der Waals surface area contributed by atoms with E-state index in [1.165, 1.54) is 0 Å². The second-order valence-corrected chi connectivity index (χ2v) is 3.72. The number of carbonyl (C=O) groups is 2. The number of rotatable bonds is 9. The molecule has 0 aromatic carbocycles. The van der Waals surface area contributed by atoms with Gasteiger partial charge in [-0.2, -0.15) is 6.54 Å². The molecule has 1 amide bonds. The van der Waals surface area contributed by atoms with Crippen molar-refractivity contribution in [1.29, 1.82) is 0 Å². The third-order valence-corrected chi connectivity index (χ3v) is 2.11. The van der Waals surface area contributed by atoms with Gasteiger partial charge >= 0.3 is 58.2 Å². The molecule has 0 fully saturated rings. The third kappa shape index (κ3) is 14.9. The summed E-state index contributed by atoms with van der Waals surface area (Å²) in [4.78, 5) is 21.8. The van der Waals surface area contributed by atoms with Gasteiger partial charge in [0.15, 0.2) is 0 Å². The largest absolute Gasteiger partial charge is 1.00 e. The van der Waals surface area contributed by atoms with Crippen LogP contribution in [0.1, 0.15) is 45.4 Å². The Kier molecular flexibility index (Phi) is 16.8. The van der Waals surface area contributed by atoms with Crippen molar-refractivity contribution >= 4 is 11.7 Å². The second-order valence-electron chi connectivity index (χ2n) is 3.72. The van der Waals surface area contributed by atoms with Crippen LogP contribution in [-0.2, 0) is 9.59 Å². The maximum Gasteiger partial charge on any atom is 1.00 e. The van der Waals surface area contributed by atoms with Gasteiger partial charge in [-0.1, -0.05) is 12.8 Å². The van der Waals surface area contributed by atoms with Gasteiger partial charge in [0, 0.05) is 19.4 Å². The summed E-state index contributed by atoms with van der Waals surface area (Å²) in [6.07, 6.45) is 4.49. The predicted octanol–water partition coefficient (Wildman–Crippen LogP) is -0.912. The van der Waals surface area contributed by atoms with Gasteiger partial charge < -0.3 is 15.8 Å². The molecule has 0 aliphatic rings. The first-order chi connectivity index (χ1) is 7.16. The minimum Gasteiger partial charge on any atom is -0.677 e. The molecule has 0 spiro atoms. The molecule has 0 aromatic heterocycles. The first-order valence-electron chi connectivity index (χ1n) is 5.57. The van der Waals surface area contributed by atoms with Gasteiger partial charge in [-0.25, -0.2) is 0 Å². The molecular weight excluding hydrogens is 278 g/mol. The number of ketones is 1. The molecule has 0 aliphatic heterocycles. The van der Waals surface area contributed by atoms with E-state index in [4.69, 9.17) is 5.73 Å². The van der Waals surface area contributed by atoms with E-state index in [0.717, 1.165) is 25.7 Å². The molecule has 0 saturated heterocycles. The summed E-state index contributed by atoms with van der Waals surface area (Å²) in [7, 11) is 0. The van der Waals surface area contributed by atoms with Gasteiger partial charge in [-0.3, -0.25) is 4.79 Å². The molecule has 0 heterocycles. The number of unbranched alkanes of at least 4 members (excludes halogenated alkanes) is 2. The standard InChI is InChI=1S/C11H21N2O2.Rb/c1-10(14)6-5-9-13-11(15)7-3-2-4-8-12;/h12H,2-9H2,1H3,(H,13,15);/q-1;+1. The van der Waals surface area contributed by atoms with Crippen molar-refractivity contribution in [2.45, 2.75) is 45.4 Å². The monoisotopic (exact) mass is 298 g/mol. The SMILES string of the molecule is CC(=O)CCCNC(=O)CCCCC[NH-].[Rb+]. The third-order valence-electron chi connectivity index (χ3n) is 2.11. The molecule has 5 heteroatoms. The van der Waals surface area contributed by atoms with Crippen LogP contribution in [0.3, 0.4) is 0 Å². The van der Waals surface area contributed by atoms with Crippen molar-refractivity contribution < 1.29 is 67.8 Å². The zero-order chi connectivity index (χ0) is 11.5. The fourth-order valence-corrected chi connectivity index (χ4v) is 1.24. The van der Waals surface area contributed by atoms with E-state index in [1.807, 2.05) is 0 Å². The molecule has 16 heavy (non-hydrogen) atoms. The summed E-state index contributed by atoms with van der Waals surface area (Å²) in [6, 6.07) is 0. The fourth-order valence-electron chi connectivity index (χ4n) is 1.24. The van der Waals surface area contributed by atoms with Gasteiger partial charge in [-0.15, -0.1) is 0 Å². The van der Waals surface area contributed by atoms with Gasteiger partial charge in [0.2, 0.25) is 5.91 Å². The minimum atomic E-state index is 0.